The summed E-state index contributed by atoms with van der Waals surface area (Å²) in [4.78, 5) is 3.98. The van der Waals surface area contributed by atoms with Crippen LogP contribution >= 0.6 is 0 Å². The third-order valence-corrected chi connectivity index (χ3v) is 4.09. The predicted molar refractivity (Wildman–Crippen MR) is 65.1 cm³/mol. The average Bonchev–Trinajstić information content (AvgIpc) is 2.87. The van der Waals surface area contributed by atoms with Crippen molar-refractivity contribution in [3.8, 4) is 0 Å². The SMILES string of the molecule is FC(F)(F)c1ccc(C2CCC3(CC2)OCCO3)nc1. The molecule has 20 heavy (non-hydrogen) atoms. The highest BCUT2D eigenvalue weighted by atomic mass is 19.4. The molecule has 1 saturated heterocycles. The van der Waals surface area contributed by atoms with Crippen molar-refractivity contribution in [3.05, 3.63) is 29.6 Å². The minimum Gasteiger partial charge on any atom is -0.348 e. The quantitative estimate of drug-likeness (QED) is 0.792. The fraction of sp³-hybridized carbons (Fsp3) is 0.643. The topological polar surface area (TPSA) is 31.4 Å². The lowest BCUT2D eigenvalue weighted by molar-refractivity contribution is -0.178. The van der Waals surface area contributed by atoms with E-state index in [2.05, 4.69) is 4.98 Å². The zero-order valence-electron chi connectivity index (χ0n) is 10.9. The highest BCUT2D eigenvalue weighted by Gasteiger charge is 2.41. The van der Waals surface area contributed by atoms with Crippen molar-refractivity contribution in [2.45, 2.75) is 43.6 Å². The van der Waals surface area contributed by atoms with Crippen LogP contribution in [0, 0.1) is 0 Å². The summed E-state index contributed by atoms with van der Waals surface area (Å²) in [5.41, 5.74) is 0.0295. The summed E-state index contributed by atoms with van der Waals surface area (Å²) in [5.74, 6) is -0.252. The molecular formula is C14H16F3NO2. The third-order valence-electron chi connectivity index (χ3n) is 4.09. The van der Waals surface area contributed by atoms with Gasteiger partial charge in [0.2, 0.25) is 0 Å². The maximum absolute atomic E-state index is 12.5. The second-order valence-electron chi connectivity index (χ2n) is 5.35. The van der Waals surface area contributed by atoms with Gasteiger partial charge in [0.15, 0.2) is 5.79 Å². The van der Waals surface area contributed by atoms with E-state index in [0.29, 0.717) is 13.2 Å². The summed E-state index contributed by atoms with van der Waals surface area (Å²) in [7, 11) is 0. The molecule has 2 aliphatic rings. The Morgan fingerprint density at radius 1 is 1.10 bits per heavy atom. The van der Waals surface area contributed by atoms with Crippen LogP contribution in [0.3, 0.4) is 0 Å². The first-order valence-corrected chi connectivity index (χ1v) is 6.80. The van der Waals surface area contributed by atoms with Crippen LogP contribution in [0.1, 0.15) is 42.9 Å². The molecule has 1 aliphatic carbocycles. The second kappa shape index (κ2) is 5.00. The van der Waals surface area contributed by atoms with Crippen molar-refractivity contribution in [2.24, 2.45) is 0 Å². The Labute approximate surface area is 115 Å². The van der Waals surface area contributed by atoms with Crippen molar-refractivity contribution in [1.29, 1.82) is 0 Å². The minimum atomic E-state index is -4.33. The zero-order valence-corrected chi connectivity index (χ0v) is 10.9. The molecule has 1 aliphatic heterocycles. The van der Waals surface area contributed by atoms with Gasteiger partial charge in [-0.15, -0.1) is 0 Å². The Morgan fingerprint density at radius 3 is 2.25 bits per heavy atom. The van der Waals surface area contributed by atoms with E-state index < -0.39 is 17.5 Å². The van der Waals surface area contributed by atoms with E-state index in [-0.39, 0.29) is 5.92 Å². The first-order chi connectivity index (χ1) is 9.49. The van der Waals surface area contributed by atoms with Gasteiger partial charge in [0.25, 0.3) is 0 Å². The third kappa shape index (κ3) is 2.67. The molecule has 2 heterocycles. The largest absolute Gasteiger partial charge is 0.417 e. The number of alkyl halides is 3. The van der Waals surface area contributed by atoms with Gasteiger partial charge in [0, 0.05) is 30.7 Å². The average molecular weight is 287 g/mol. The van der Waals surface area contributed by atoms with E-state index in [0.717, 1.165) is 43.6 Å². The fourth-order valence-electron chi connectivity index (χ4n) is 2.95. The van der Waals surface area contributed by atoms with E-state index in [9.17, 15) is 13.2 Å². The number of aromatic nitrogens is 1. The molecule has 0 bridgehead atoms. The number of ether oxygens (including phenoxy) is 2. The maximum Gasteiger partial charge on any atom is 0.417 e. The summed E-state index contributed by atoms with van der Waals surface area (Å²) in [6.07, 6.45) is -0.187. The van der Waals surface area contributed by atoms with Gasteiger partial charge < -0.3 is 9.47 Å². The van der Waals surface area contributed by atoms with Crippen LogP contribution in [-0.4, -0.2) is 24.0 Å². The fourth-order valence-corrected chi connectivity index (χ4v) is 2.95. The van der Waals surface area contributed by atoms with Gasteiger partial charge in [-0.05, 0) is 25.0 Å². The zero-order chi connectivity index (χ0) is 14.2. The first kappa shape index (κ1) is 13.8. The van der Waals surface area contributed by atoms with Gasteiger partial charge in [-0.1, -0.05) is 0 Å². The van der Waals surface area contributed by atoms with Gasteiger partial charge in [-0.25, -0.2) is 0 Å². The Bertz CT molecular complexity index is 456. The molecule has 3 rings (SSSR count). The molecule has 0 atom stereocenters. The number of hydrogen-bond acceptors (Lipinski definition) is 3. The molecule has 1 aromatic rings. The lowest BCUT2D eigenvalue weighted by Gasteiger charge is -2.35. The molecule has 0 radical (unpaired) electrons. The minimum absolute atomic E-state index is 0.190. The molecule has 1 saturated carbocycles. The van der Waals surface area contributed by atoms with Gasteiger partial charge in [-0.3, -0.25) is 4.98 Å². The molecule has 6 heteroatoms. The first-order valence-electron chi connectivity index (χ1n) is 6.80. The van der Waals surface area contributed by atoms with Crippen LogP contribution < -0.4 is 0 Å². The smallest absolute Gasteiger partial charge is 0.348 e. The van der Waals surface area contributed by atoms with E-state index in [1.165, 1.54) is 6.07 Å². The molecule has 1 aromatic heterocycles. The monoisotopic (exact) mass is 287 g/mol. The highest BCUT2D eigenvalue weighted by Crippen LogP contribution is 2.42. The van der Waals surface area contributed by atoms with Crippen LogP contribution in [-0.2, 0) is 15.7 Å². The Balaban J connectivity index is 1.66. The number of hydrogen-bond donors (Lipinski definition) is 0. The van der Waals surface area contributed by atoms with E-state index >= 15 is 0 Å². The van der Waals surface area contributed by atoms with Crippen molar-refractivity contribution in [2.75, 3.05) is 13.2 Å². The lowest BCUT2D eigenvalue weighted by atomic mass is 9.83. The molecule has 0 unspecified atom stereocenters. The molecule has 2 fully saturated rings. The molecule has 0 N–H and O–H groups in total. The molecule has 0 aromatic carbocycles. The number of pyridine rings is 1. The van der Waals surface area contributed by atoms with Crippen molar-refractivity contribution >= 4 is 0 Å². The number of halogens is 3. The van der Waals surface area contributed by atoms with Crippen LogP contribution in [0.25, 0.3) is 0 Å². The highest BCUT2D eigenvalue weighted by molar-refractivity contribution is 5.19. The molecule has 1 spiro atoms. The van der Waals surface area contributed by atoms with Gasteiger partial charge in [0.05, 0.1) is 18.8 Å². The summed E-state index contributed by atoms with van der Waals surface area (Å²) in [6.45, 7) is 1.26. The summed E-state index contributed by atoms with van der Waals surface area (Å²) >= 11 is 0. The Morgan fingerprint density at radius 2 is 1.75 bits per heavy atom. The van der Waals surface area contributed by atoms with Gasteiger partial charge in [-0.2, -0.15) is 13.2 Å². The maximum atomic E-state index is 12.5. The number of nitrogens with zero attached hydrogens (tertiary/aromatic N) is 1. The van der Waals surface area contributed by atoms with E-state index in [4.69, 9.17) is 9.47 Å². The molecular weight excluding hydrogens is 271 g/mol. The van der Waals surface area contributed by atoms with Crippen LogP contribution in [0.5, 0.6) is 0 Å². The van der Waals surface area contributed by atoms with Gasteiger partial charge >= 0.3 is 6.18 Å². The number of rotatable bonds is 1. The summed E-state index contributed by atoms with van der Waals surface area (Å²) < 4.78 is 48.7. The Kier molecular flexibility index (Phi) is 3.46. The van der Waals surface area contributed by atoms with Crippen molar-refractivity contribution in [1.82, 2.24) is 4.98 Å². The van der Waals surface area contributed by atoms with Crippen molar-refractivity contribution in [3.63, 3.8) is 0 Å². The predicted octanol–water partition coefficient (Wildman–Crippen LogP) is 3.50. The molecule has 0 amide bonds. The van der Waals surface area contributed by atoms with Crippen LogP contribution in [0.2, 0.25) is 0 Å². The second-order valence-corrected chi connectivity index (χ2v) is 5.35. The standard InChI is InChI=1S/C14H16F3NO2/c15-14(16,17)11-1-2-12(18-9-11)10-3-5-13(6-4-10)19-7-8-20-13/h1-2,9-10H,3-8H2. The van der Waals surface area contributed by atoms with E-state index in [1.54, 1.807) is 0 Å². The van der Waals surface area contributed by atoms with Crippen LogP contribution in [0.15, 0.2) is 18.3 Å². The Hall–Kier alpha value is -1.14. The van der Waals surface area contributed by atoms with Crippen LogP contribution in [0.4, 0.5) is 13.2 Å². The van der Waals surface area contributed by atoms with E-state index in [1.807, 2.05) is 0 Å². The normalized spacial score (nSPS) is 23.4. The summed E-state index contributed by atoms with van der Waals surface area (Å²) in [5, 5.41) is 0. The van der Waals surface area contributed by atoms with Crippen molar-refractivity contribution < 1.29 is 22.6 Å². The van der Waals surface area contributed by atoms with Gasteiger partial charge in [0.1, 0.15) is 0 Å². The lowest BCUT2D eigenvalue weighted by Crippen LogP contribution is -2.34. The molecule has 3 nitrogen and oxygen atoms in total. The molecule has 110 valence electrons. The summed E-state index contributed by atoms with van der Waals surface area (Å²) in [6, 6.07) is 2.59.